The molecule has 0 spiro atoms. The van der Waals surface area contributed by atoms with Gasteiger partial charge in [0.25, 0.3) is 0 Å². The molecule has 2 aromatic carbocycles. The first kappa shape index (κ1) is 12.0. The molecule has 1 aromatic heterocycles. The second-order valence-corrected chi connectivity index (χ2v) is 5.42. The van der Waals surface area contributed by atoms with Gasteiger partial charge in [0.15, 0.2) is 0 Å². The summed E-state index contributed by atoms with van der Waals surface area (Å²) in [5, 5.41) is 2.65. The minimum absolute atomic E-state index is 0.698. The highest BCUT2D eigenvalue weighted by atomic mass is 14.9. The third kappa shape index (κ3) is 2.17. The fourth-order valence-corrected chi connectivity index (χ4v) is 2.55. The minimum Gasteiger partial charge on any atom is -0.316 e. The first-order valence-electron chi connectivity index (χ1n) is 6.91. The fourth-order valence-electron chi connectivity index (χ4n) is 2.55. The van der Waals surface area contributed by atoms with Crippen LogP contribution >= 0.6 is 0 Å². The molecule has 0 radical (unpaired) electrons. The van der Waals surface area contributed by atoms with Crippen molar-refractivity contribution < 1.29 is 0 Å². The summed E-state index contributed by atoms with van der Waals surface area (Å²) >= 11 is 0. The maximum Gasteiger partial charge on any atom is 0.0534 e. The van der Waals surface area contributed by atoms with Crippen LogP contribution in [0.1, 0.15) is 20.3 Å². The molecule has 0 bridgehead atoms. The molecule has 3 aromatic rings. The lowest BCUT2D eigenvalue weighted by Crippen LogP contribution is -1.87. The molecule has 0 N–H and O–H groups in total. The van der Waals surface area contributed by atoms with E-state index in [0.29, 0.717) is 5.92 Å². The summed E-state index contributed by atoms with van der Waals surface area (Å²) in [4.78, 5) is 0. The zero-order valence-electron chi connectivity index (χ0n) is 11.5. The highest BCUT2D eigenvalue weighted by molar-refractivity contribution is 6.09. The molecule has 0 unspecified atom stereocenters. The van der Waals surface area contributed by atoms with Gasteiger partial charge >= 0.3 is 0 Å². The Hall–Kier alpha value is -2.02. The van der Waals surface area contributed by atoms with Crippen molar-refractivity contribution in [3.8, 4) is 0 Å². The first-order chi connectivity index (χ1) is 9.27. The molecule has 1 nitrogen and oxygen atoms in total. The smallest absolute Gasteiger partial charge is 0.0534 e. The Balaban J connectivity index is 2.22. The van der Waals surface area contributed by atoms with Crippen LogP contribution in [0.3, 0.4) is 0 Å². The number of aromatic nitrogens is 1. The number of hydrogen-bond donors (Lipinski definition) is 0. The zero-order valence-corrected chi connectivity index (χ0v) is 11.5. The molecular formula is C18H19N. The van der Waals surface area contributed by atoms with Crippen molar-refractivity contribution in [2.24, 2.45) is 5.92 Å². The maximum atomic E-state index is 2.30. The summed E-state index contributed by atoms with van der Waals surface area (Å²) in [5.74, 6) is 0.698. The van der Waals surface area contributed by atoms with E-state index < -0.39 is 0 Å². The molecular weight excluding hydrogens is 230 g/mol. The van der Waals surface area contributed by atoms with Crippen LogP contribution in [0.2, 0.25) is 0 Å². The third-order valence-electron chi connectivity index (χ3n) is 3.48. The lowest BCUT2D eigenvalue weighted by atomic mass is 10.1. The Morgan fingerprint density at radius 2 is 1.42 bits per heavy atom. The minimum atomic E-state index is 0.698. The number of benzene rings is 2. The van der Waals surface area contributed by atoms with Gasteiger partial charge in [0.05, 0.1) is 11.0 Å². The van der Waals surface area contributed by atoms with Gasteiger partial charge in [-0.1, -0.05) is 56.3 Å². The van der Waals surface area contributed by atoms with Gasteiger partial charge in [-0.3, -0.25) is 0 Å². The maximum absolute atomic E-state index is 2.30. The van der Waals surface area contributed by atoms with Crippen molar-refractivity contribution in [3.63, 3.8) is 0 Å². The second-order valence-electron chi connectivity index (χ2n) is 5.42. The Labute approximate surface area is 114 Å². The largest absolute Gasteiger partial charge is 0.316 e. The van der Waals surface area contributed by atoms with Gasteiger partial charge in [-0.2, -0.15) is 0 Å². The molecule has 0 amide bonds. The molecule has 0 aliphatic rings. The van der Waals surface area contributed by atoms with Gasteiger partial charge in [-0.15, -0.1) is 0 Å². The van der Waals surface area contributed by atoms with E-state index in [1.54, 1.807) is 0 Å². The van der Waals surface area contributed by atoms with Crippen molar-refractivity contribution in [1.82, 2.24) is 4.57 Å². The number of fused-ring (bicyclic) bond motifs is 3. The van der Waals surface area contributed by atoms with Gasteiger partial charge in [0.1, 0.15) is 0 Å². The highest BCUT2D eigenvalue weighted by Crippen LogP contribution is 2.28. The van der Waals surface area contributed by atoms with Crippen LogP contribution in [0.25, 0.3) is 28.0 Å². The molecule has 0 aliphatic carbocycles. The first-order valence-corrected chi connectivity index (χ1v) is 6.91. The highest BCUT2D eigenvalue weighted by Gasteiger charge is 2.06. The van der Waals surface area contributed by atoms with Gasteiger partial charge in [0.2, 0.25) is 0 Å². The van der Waals surface area contributed by atoms with Crippen molar-refractivity contribution in [2.75, 3.05) is 0 Å². The van der Waals surface area contributed by atoms with E-state index in [9.17, 15) is 0 Å². The lowest BCUT2D eigenvalue weighted by molar-refractivity contribution is 0.664. The normalized spacial score (nSPS) is 12.2. The van der Waals surface area contributed by atoms with E-state index in [1.165, 1.54) is 21.8 Å². The fraction of sp³-hybridized carbons (Fsp3) is 0.222. The summed E-state index contributed by atoms with van der Waals surface area (Å²) in [6.45, 7) is 4.49. The number of para-hydroxylation sites is 2. The predicted molar refractivity (Wildman–Crippen MR) is 84.2 cm³/mol. The van der Waals surface area contributed by atoms with E-state index in [-0.39, 0.29) is 0 Å². The summed E-state index contributed by atoms with van der Waals surface area (Å²) in [6.07, 6.45) is 5.59. The van der Waals surface area contributed by atoms with Crippen LogP contribution in [0.4, 0.5) is 0 Å². The standard InChI is InChI=1S/C18H19N/c1-14(2)8-7-13-19-17-11-5-3-9-15(17)16-10-4-6-12-18(16)19/h3-7,9-14H,8H2,1-2H3/b13-7+. The third-order valence-corrected chi connectivity index (χ3v) is 3.48. The molecule has 1 heteroatoms. The van der Waals surface area contributed by atoms with Crippen molar-refractivity contribution in [1.29, 1.82) is 0 Å². The van der Waals surface area contributed by atoms with Crippen LogP contribution < -0.4 is 0 Å². The average molecular weight is 249 g/mol. The lowest BCUT2D eigenvalue weighted by Gasteiger charge is -2.01. The van der Waals surface area contributed by atoms with E-state index in [2.05, 4.69) is 79.2 Å². The number of allylic oxidation sites excluding steroid dienone is 1. The molecule has 1 heterocycles. The SMILES string of the molecule is CC(C)C/C=C/n1c2ccccc2c2ccccc21. The van der Waals surface area contributed by atoms with Crippen LogP contribution in [0.5, 0.6) is 0 Å². The number of hydrogen-bond acceptors (Lipinski definition) is 0. The van der Waals surface area contributed by atoms with Gasteiger partial charge in [-0.05, 0) is 24.5 Å². The number of rotatable bonds is 3. The monoisotopic (exact) mass is 249 g/mol. The molecule has 96 valence electrons. The molecule has 0 fully saturated rings. The van der Waals surface area contributed by atoms with Gasteiger partial charge < -0.3 is 4.57 Å². The van der Waals surface area contributed by atoms with Crippen LogP contribution in [0, 0.1) is 5.92 Å². The average Bonchev–Trinajstić information content (AvgIpc) is 2.74. The van der Waals surface area contributed by atoms with Crippen molar-refractivity contribution in [3.05, 3.63) is 54.6 Å². The quantitative estimate of drug-likeness (QED) is 0.592. The molecule has 0 saturated heterocycles. The predicted octanol–water partition coefficient (Wildman–Crippen LogP) is 5.31. The van der Waals surface area contributed by atoms with Gasteiger partial charge in [-0.25, -0.2) is 0 Å². The Kier molecular flexibility index (Phi) is 3.12. The van der Waals surface area contributed by atoms with E-state index in [4.69, 9.17) is 0 Å². The molecule has 19 heavy (non-hydrogen) atoms. The van der Waals surface area contributed by atoms with Crippen LogP contribution in [-0.4, -0.2) is 4.57 Å². The molecule has 0 atom stereocenters. The van der Waals surface area contributed by atoms with Crippen molar-refractivity contribution >= 4 is 28.0 Å². The summed E-state index contributed by atoms with van der Waals surface area (Å²) in [5.41, 5.74) is 2.56. The van der Waals surface area contributed by atoms with Crippen LogP contribution in [0.15, 0.2) is 54.6 Å². The van der Waals surface area contributed by atoms with Crippen molar-refractivity contribution in [2.45, 2.75) is 20.3 Å². The topological polar surface area (TPSA) is 4.93 Å². The number of nitrogens with zero attached hydrogens (tertiary/aromatic N) is 1. The summed E-state index contributed by atoms with van der Waals surface area (Å²) < 4.78 is 2.30. The van der Waals surface area contributed by atoms with E-state index in [0.717, 1.165) is 6.42 Å². The van der Waals surface area contributed by atoms with E-state index in [1.807, 2.05) is 0 Å². The van der Waals surface area contributed by atoms with E-state index >= 15 is 0 Å². The Morgan fingerprint density at radius 1 is 0.895 bits per heavy atom. The van der Waals surface area contributed by atoms with Gasteiger partial charge in [0, 0.05) is 17.0 Å². The Morgan fingerprint density at radius 3 is 1.95 bits per heavy atom. The summed E-state index contributed by atoms with van der Waals surface area (Å²) in [6, 6.07) is 17.2. The second kappa shape index (κ2) is 4.93. The summed E-state index contributed by atoms with van der Waals surface area (Å²) in [7, 11) is 0. The molecule has 0 aliphatic heterocycles. The zero-order chi connectivity index (χ0) is 13.2. The Bertz CT molecular complexity index is 678. The van der Waals surface area contributed by atoms with Crippen LogP contribution in [-0.2, 0) is 0 Å². The molecule has 0 saturated carbocycles. The molecule has 3 rings (SSSR count).